The molecule has 15 heavy (non-hydrogen) atoms. The molecule has 0 spiro atoms. The van der Waals surface area contributed by atoms with Crippen LogP contribution < -0.4 is 0 Å². The van der Waals surface area contributed by atoms with Gasteiger partial charge in [0.1, 0.15) is 0 Å². The molecule has 0 saturated heterocycles. The highest BCUT2D eigenvalue weighted by molar-refractivity contribution is 4.64. The van der Waals surface area contributed by atoms with Crippen molar-refractivity contribution in [2.75, 3.05) is 34.0 Å². The molecule has 1 unspecified atom stereocenters. The molecular weight excluding hydrogens is 190 g/mol. The summed E-state index contributed by atoms with van der Waals surface area (Å²) < 4.78 is 11.8. The topological polar surface area (TPSA) is 18.5 Å². The average Bonchev–Trinajstić information content (AvgIpc) is 2.19. The van der Waals surface area contributed by atoms with Crippen molar-refractivity contribution in [1.29, 1.82) is 0 Å². The molecule has 0 aliphatic heterocycles. The maximum Gasteiger partial charge on any atom is 0.194 e. The van der Waals surface area contributed by atoms with Gasteiger partial charge in [-0.3, -0.25) is 4.48 Å². The van der Waals surface area contributed by atoms with Crippen LogP contribution in [0, 0.1) is 0 Å². The summed E-state index contributed by atoms with van der Waals surface area (Å²) in [5.41, 5.74) is 0. The van der Waals surface area contributed by atoms with Crippen LogP contribution in [0.5, 0.6) is 0 Å². The smallest absolute Gasteiger partial charge is 0.194 e. The zero-order chi connectivity index (χ0) is 11.7. The Kier molecular flexibility index (Phi) is 7.30. The van der Waals surface area contributed by atoms with Crippen molar-refractivity contribution >= 4 is 0 Å². The maximum absolute atomic E-state index is 5.68. The van der Waals surface area contributed by atoms with Gasteiger partial charge >= 0.3 is 0 Å². The van der Waals surface area contributed by atoms with Gasteiger partial charge in [0, 0.05) is 6.42 Å². The number of quaternary nitrogens is 1. The molecule has 1 atom stereocenters. The standard InChI is InChI=1S/C12H24NO2/c1-6-9-14-11-13(4,5)12(8-3)15-10-7-2/h6-7,12H,1-2,8-11H2,3-5H3/q+1. The van der Waals surface area contributed by atoms with Crippen molar-refractivity contribution in [1.82, 2.24) is 0 Å². The van der Waals surface area contributed by atoms with Crippen molar-refractivity contribution in [3.63, 3.8) is 0 Å². The van der Waals surface area contributed by atoms with Crippen LogP contribution in [0.2, 0.25) is 0 Å². The van der Waals surface area contributed by atoms with Crippen molar-refractivity contribution in [2.45, 2.75) is 19.6 Å². The second-order valence-electron chi connectivity index (χ2n) is 4.05. The molecule has 0 N–H and O–H groups in total. The van der Waals surface area contributed by atoms with Crippen molar-refractivity contribution < 1.29 is 14.0 Å². The van der Waals surface area contributed by atoms with Crippen molar-refractivity contribution in [2.24, 2.45) is 0 Å². The van der Waals surface area contributed by atoms with E-state index in [2.05, 4.69) is 34.2 Å². The van der Waals surface area contributed by atoms with Gasteiger partial charge in [-0.25, -0.2) is 0 Å². The van der Waals surface area contributed by atoms with Gasteiger partial charge < -0.3 is 9.47 Å². The van der Waals surface area contributed by atoms with Crippen LogP contribution in [0.15, 0.2) is 25.3 Å². The molecule has 3 nitrogen and oxygen atoms in total. The first-order valence-corrected chi connectivity index (χ1v) is 5.32. The second-order valence-corrected chi connectivity index (χ2v) is 4.05. The molecule has 0 amide bonds. The quantitative estimate of drug-likeness (QED) is 0.253. The fourth-order valence-corrected chi connectivity index (χ4v) is 1.45. The largest absolute Gasteiger partial charge is 0.328 e. The van der Waals surface area contributed by atoms with Gasteiger partial charge in [-0.15, -0.1) is 13.2 Å². The molecule has 0 saturated carbocycles. The lowest BCUT2D eigenvalue weighted by atomic mass is 10.3. The minimum absolute atomic E-state index is 0.146. The van der Waals surface area contributed by atoms with Crippen LogP contribution >= 0.6 is 0 Å². The minimum Gasteiger partial charge on any atom is -0.328 e. The van der Waals surface area contributed by atoms with Crippen LogP contribution in [0.3, 0.4) is 0 Å². The minimum atomic E-state index is 0.146. The first-order valence-electron chi connectivity index (χ1n) is 5.32. The summed E-state index contributed by atoms with van der Waals surface area (Å²) in [6.07, 6.45) is 4.63. The second kappa shape index (κ2) is 7.63. The number of hydrogen-bond donors (Lipinski definition) is 0. The highest BCUT2D eigenvalue weighted by Crippen LogP contribution is 2.12. The molecule has 0 bridgehead atoms. The van der Waals surface area contributed by atoms with Gasteiger partial charge in [0.05, 0.1) is 27.3 Å². The van der Waals surface area contributed by atoms with Crippen LogP contribution in [-0.4, -0.2) is 44.8 Å². The summed E-state index contributed by atoms with van der Waals surface area (Å²) in [5.74, 6) is 0. The Hall–Kier alpha value is -0.640. The Morgan fingerprint density at radius 1 is 1.20 bits per heavy atom. The molecule has 0 aromatic heterocycles. The van der Waals surface area contributed by atoms with Gasteiger partial charge in [-0.2, -0.15) is 0 Å². The first kappa shape index (κ1) is 14.4. The third kappa shape index (κ3) is 5.72. The Balaban J connectivity index is 4.10. The molecule has 0 rings (SSSR count). The van der Waals surface area contributed by atoms with Gasteiger partial charge in [0.15, 0.2) is 13.0 Å². The molecular formula is C12H24NO2+. The van der Waals surface area contributed by atoms with Gasteiger partial charge in [0.2, 0.25) is 0 Å². The lowest BCUT2D eigenvalue weighted by molar-refractivity contribution is -0.954. The van der Waals surface area contributed by atoms with Gasteiger partial charge in [-0.1, -0.05) is 19.1 Å². The van der Waals surface area contributed by atoms with E-state index in [1.165, 1.54) is 0 Å². The van der Waals surface area contributed by atoms with Crippen molar-refractivity contribution in [3.8, 4) is 0 Å². The average molecular weight is 214 g/mol. The van der Waals surface area contributed by atoms with E-state index in [0.717, 1.165) is 6.42 Å². The first-order chi connectivity index (χ1) is 7.08. The SMILES string of the molecule is C=CCOC[N+](C)(C)C(CC)OCC=C. The normalized spacial score (nSPS) is 13.5. The van der Waals surface area contributed by atoms with Crippen LogP contribution in [-0.2, 0) is 9.47 Å². The lowest BCUT2D eigenvalue weighted by Gasteiger charge is -2.36. The van der Waals surface area contributed by atoms with E-state index in [9.17, 15) is 0 Å². The fraction of sp³-hybridized carbons (Fsp3) is 0.667. The summed E-state index contributed by atoms with van der Waals surface area (Å²) in [4.78, 5) is 0. The van der Waals surface area contributed by atoms with E-state index in [0.29, 0.717) is 24.4 Å². The van der Waals surface area contributed by atoms with E-state index < -0.39 is 0 Å². The highest BCUT2D eigenvalue weighted by atomic mass is 16.5. The Labute approximate surface area is 93.6 Å². The highest BCUT2D eigenvalue weighted by Gasteiger charge is 2.26. The molecule has 3 heteroatoms. The van der Waals surface area contributed by atoms with E-state index in [-0.39, 0.29) is 6.23 Å². The summed E-state index contributed by atoms with van der Waals surface area (Å²) in [5, 5.41) is 0. The zero-order valence-electron chi connectivity index (χ0n) is 10.2. The Morgan fingerprint density at radius 2 is 1.80 bits per heavy atom. The zero-order valence-corrected chi connectivity index (χ0v) is 10.2. The number of hydrogen-bond acceptors (Lipinski definition) is 2. The summed E-state index contributed by atoms with van der Waals surface area (Å²) in [6, 6.07) is 0. The predicted octanol–water partition coefficient (Wildman–Crippen LogP) is 2.16. The summed E-state index contributed by atoms with van der Waals surface area (Å²) in [6.45, 7) is 11.2. The van der Waals surface area contributed by atoms with Crippen LogP contribution in [0.4, 0.5) is 0 Å². The molecule has 0 radical (unpaired) electrons. The Bertz CT molecular complexity index is 190. The molecule has 0 heterocycles. The van der Waals surface area contributed by atoms with E-state index in [1.54, 1.807) is 12.2 Å². The van der Waals surface area contributed by atoms with E-state index in [4.69, 9.17) is 9.47 Å². The van der Waals surface area contributed by atoms with Crippen LogP contribution in [0.25, 0.3) is 0 Å². The van der Waals surface area contributed by atoms with Gasteiger partial charge in [0.25, 0.3) is 0 Å². The molecule has 0 aromatic rings. The molecule has 0 aliphatic rings. The number of nitrogens with zero attached hydrogens (tertiary/aromatic N) is 1. The molecule has 88 valence electrons. The number of ether oxygens (including phenoxy) is 2. The fourth-order valence-electron chi connectivity index (χ4n) is 1.45. The van der Waals surface area contributed by atoms with E-state index in [1.807, 2.05) is 0 Å². The molecule has 0 aromatic carbocycles. The monoisotopic (exact) mass is 214 g/mol. The maximum atomic E-state index is 5.68. The third-order valence-electron chi connectivity index (χ3n) is 2.20. The lowest BCUT2D eigenvalue weighted by Crippen LogP contribution is -2.51. The third-order valence-corrected chi connectivity index (χ3v) is 2.20. The van der Waals surface area contributed by atoms with Crippen molar-refractivity contribution in [3.05, 3.63) is 25.3 Å². The predicted molar refractivity (Wildman–Crippen MR) is 63.4 cm³/mol. The van der Waals surface area contributed by atoms with Crippen LogP contribution in [0.1, 0.15) is 13.3 Å². The number of rotatable bonds is 9. The molecule has 0 aliphatic carbocycles. The van der Waals surface area contributed by atoms with E-state index >= 15 is 0 Å². The summed E-state index contributed by atoms with van der Waals surface area (Å²) in [7, 11) is 4.20. The summed E-state index contributed by atoms with van der Waals surface area (Å²) >= 11 is 0. The molecule has 0 fully saturated rings. The Morgan fingerprint density at radius 3 is 2.27 bits per heavy atom. The van der Waals surface area contributed by atoms with Gasteiger partial charge in [-0.05, 0) is 0 Å².